The van der Waals surface area contributed by atoms with E-state index in [1.807, 2.05) is 93.6 Å². The highest BCUT2D eigenvalue weighted by Gasteiger charge is 2.31. The molecule has 1 unspecified atom stereocenters. The van der Waals surface area contributed by atoms with Crippen molar-refractivity contribution in [2.24, 2.45) is 0 Å². The van der Waals surface area contributed by atoms with Crippen molar-refractivity contribution in [1.29, 1.82) is 0 Å². The molecule has 2 aromatic heterocycles. The minimum absolute atomic E-state index is 0.00850. The Bertz CT molecular complexity index is 1440. The lowest BCUT2D eigenvalue weighted by molar-refractivity contribution is -0.121. The molecule has 0 radical (unpaired) electrons. The number of hydrogen-bond acceptors (Lipinski definition) is 6. The average Bonchev–Trinajstić information content (AvgIpc) is 3.31. The van der Waals surface area contributed by atoms with E-state index in [-0.39, 0.29) is 17.6 Å². The molecule has 196 valence electrons. The van der Waals surface area contributed by atoms with Crippen molar-refractivity contribution in [3.8, 4) is 5.69 Å². The summed E-state index contributed by atoms with van der Waals surface area (Å²) in [5, 5.41) is 7.23. The maximum atomic E-state index is 13.5. The van der Waals surface area contributed by atoms with E-state index < -0.39 is 6.04 Å². The number of anilines is 2. The van der Waals surface area contributed by atoms with E-state index in [2.05, 4.69) is 25.2 Å². The second-order valence-corrected chi connectivity index (χ2v) is 9.83. The van der Waals surface area contributed by atoms with Gasteiger partial charge in [0, 0.05) is 37.6 Å². The van der Waals surface area contributed by atoms with Crippen LogP contribution in [0.2, 0.25) is 0 Å². The summed E-state index contributed by atoms with van der Waals surface area (Å²) in [5.41, 5.74) is 3.55. The molecule has 9 nitrogen and oxygen atoms in total. The third kappa shape index (κ3) is 5.38. The van der Waals surface area contributed by atoms with E-state index in [9.17, 15) is 9.59 Å². The zero-order valence-corrected chi connectivity index (χ0v) is 22.0. The minimum Gasteiger partial charge on any atom is -0.369 e. The second-order valence-electron chi connectivity index (χ2n) is 9.83. The van der Waals surface area contributed by atoms with Gasteiger partial charge in [-0.1, -0.05) is 36.4 Å². The molecule has 1 atom stereocenters. The highest BCUT2D eigenvalue weighted by atomic mass is 16.2. The standard InChI is InChI=1S/C29H33N7O2/c1-21(2)36-29(38)35(20-30-36)25-14-12-24(13-15-25)33-16-18-34(19-17-33)27(23-9-5-4-6-10-23)28(37)32-26-11-7-8-22(3)31-26/h4-15,20-21,27H,16-19H2,1-3H3,(H,31,32,37). The Kier molecular flexibility index (Phi) is 7.37. The molecule has 1 aliphatic rings. The Morgan fingerprint density at radius 2 is 1.55 bits per heavy atom. The Morgan fingerprint density at radius 3 is 2.18 bits per heavy atom. The molecule has 1 fully saturated rings. The minimum atomic E-state index is -0.410. The van der Waals surface area contributed by atoms with Gasteiger partial charge in [-0.2, -0.15) is 5.10 Å². The van der Waals surface area contributed by atoms with Crippen molar-refractivity contribution in [2.75, 3.05) is 36.4 Å². The lowest BCUT2D eigenvalue weighted by atomic mass is 10.0. The summed E-state index contributed by atoms with van der Waals surface area (Å²) >= 11 is 0. The Labute approximate surface area is 222 Å². The van der Waals surface area contributed by atoms with Gasteiger partial charge in [0.1, 0.15) is 18.2 Å². The van der Waals surface area contributed by atoms with Crippen LogP contribution in [0, 0.1) is 6.92 Å². The summed E-state index contributed by atoms with van der Waals surface area (Å²) in [7, 11) is 0. The number of rotatable bonds is 7. The molecule has 0 spiro atoms. The number of carbonyl (C=O) groups excluding carboxylic acids is 1. The van der Waals surface area contributed by atoms with E-state index >= 15 is 0 Å². The van der Waals surface area contributed by atoms with E-state index in [1.165, 1.54) is 4.68 Å². The van der Waals surface area contributed by atoms with Gasteiger partial charge in [-0.05, 0) is 62.7 Å². The van der Waals surface area contributed by atoms with Crippen LogP contribution in [0.1, 0.15) is 37.2 Å². The predicted octanol–water partition coefficient (Wildman–Crippen LogP) is 3.82. The quantitative estimate of drug-likeness (QED) is 0.406. The first-order valence-corrected chi connectivity index (χ1v) is 13.0. The first-order valence-electron chi connectivity index (χ1n) is 13.0. The van der Waals surface area contributed by atoms with Crippen LogP contribution in [0.4, 0.5) is 11.5 Å². The molecule has 0 bridgehead atoms. The third-order valence-electron chi connectivity index (χ3n) is 6.86. The van der Waals surface area contributed by atoms with E-state index in [4.69, 9.17) is 0 Å². The first kappa shape index (κ1) is 25.4. The van der Waals surface area contributed by atoms with Crippen LogP contribution >= 0.6 is 0 Å². The molecule has 1 saturated heterocycles. The molecule has 0 saturated carbocycles. The van der Waals surface area contributed by atoms with Crippen LogP contribution in [0.3, 0.4) is 0 Å². The average molecular weight is 512 g/mol. The number of benzene rings is 2. The highest BCUT2D eigenvalue weighted by Crippen LogP contribution is 2.26. The van der Waals surface area contributed by atoms with E-state index in [1.54, 1.807) is 10.9 Å². The number of aryl methyl sites for hydroxylation is 1. The van der Waals surface area contributed by atoms with Gasteiger partial charge in [-0.25, -0.2) is 19.0 Å². The third-order valence-corrected chi connectivity index (χ3v) is 6.86. The molecule has 1 amide bonds. The molecule has 5 rings (SSSR count). The van der Waals surface area contributed by atoms with Gasteiger partial charge in [-0.15, -0.1) is 0 Å². The van der Waals surface area contributed by atoms with Gasteiger partial charge >= 0.3 is 5.69 Å². The van der Waals surface area contributed by atoms with Crippen LogP contribution in [0.5, 0.6) is 0 Å². The smallest absolute Gasteiger partial charge is 0.350 e. The number of hydrogen-bond donors (Lipinski definition) is 1. The van der Waals surface area contributed by atoms with Crippen LogP contribution in [0.25, 0.3) is 5.69 Å². The van der Waals surface area contributed by atoms with Crippen molar-refractivity contribution < 1.29 is 4.79 Å². The Hall–Kier alpha value is -4.24. The van der Waals surface area contributed by atoms with E-state index in [0.717, 1.165) is 48.8 Å². The molecule has 3 heterocycles. The number of aromatic nitrogens is 4. The maximum absolute atomic E-state index is 13.5. The summed E-state index contributed by atoms with van der Waals surface area (Å²) < 4.78 is 3.04. The molecular weight excluding hydrogens is 478 g/mol. The van der Waals surface area contributed by atoms with Gasteiger partial charge in [0.25, 0.3) is 0 Å². The molecule has 4 aromatic rings. The Balaban J connectivity index is 1.29. The van der Waals surface area contributed by atoms with Gasteiger partial charge in [0.15, 0.2) is 0 Å². The molecule has 2 aromatic carbocycles. The number of nitrogens with one attached hydrogen (secondary N) is 1. The molecule has 38 heavy (non-hydrogen) atoms. The summed E-state index contributed by atoms with van der Waals surface area (Å²) in [6.45, 7) is 8.81. The fourth-order valence-electron chi connectivity index (χ4n) is 4.88. The van der Waals surface area contributed by atoms with Crippen LogP contribution in [-0.4, -0.2) is 56.3 Å². The molecular formula is C29H33N7O2. The van der Waals surface area contributed by atoms with Gasteiger partial charge < -0.3 is 10.2 Å². The number of carbonyl (C=O) groups is 1. The van der Waals surface area contributed by atoms with Crippen molar-refractivity contribution in [1.82, 2.24) is 24.2 Å². The van der Waals surface area contributed by atoms with Crippen molar-refractivity contribution in [2.45, 2.75) is 32.9 Å². The zero-order chi connectivity index (χ0) is 26.6. The zero-order valence-electron chi connectivity index (χ0n) is 22.0. The number of nitrogens with zero attached hydrogens (tertiary/aromatic N) is 6. The fraction of sp³-hybridized carbons (Fsp3) is 0.310. The highest BCUT2D eigenvalue weighted by molar-refractivity contribution is 5.94. The molecule has 0 aliphatic carbocycles. The fourth-order valence-corrected chi connectivity index (χ4v) is 4.88. The maximum Gasteiger partial charge on any atom is 0.350 e. The van der Waals surface area contributed by atoms with E-state index in [0.29, 0.717) is 5.82 Å². The number of piperazine rings is 1. The summed E-state index contributed by atoms with van der Waals surface area (Å²) in [6.07, 6.45) is 1.57. The van der Waals surface area contributed by atoms with Crippen molar-refractivity contribution >= 4 is 17.4 Å². The first-order chi connectivity index (χ1) is 18.4. The SMILES string of the molecule is Cc1cccc(NC(=O)C(c2ccccc2)N2CCN(c3ccc(-n4cnn(C(C)C)c4=O)cc3)CC2)n1. The Morgan fingerprint density at radius 1 is 0.868 bits per heavy atom. The van der Waals surface area contributed by atoms with Gasteiger partial charge in [0.2, 0.25) is 5.91 Å². The number of pyridine rings is 1. The topological polar surface area (TPSA) is 88.3 Å². The van der Waals surface area contributed by atoms with Crippen LogP contribution in [-0.2, 0) is 4.79 Å². The van der Waals surface area contributed by atoms with Gasteiger partial charge in [0.05, 0.1) is 11.7 Å². The van der Waals surface area contributed by atoms with Gasteiger partial charge in [-0.3, -0.25) is 9.69 Å². The monoisotopic (exact) mass is 511 g/mol. The lowest BCUT2D eigenvalue weighted by Crippen LogP contribution is -2.50. The molecule has 1 aliphatic heterocycles. The predicted molar refractivity (Wildman–Crippen MR) is 149 cm³/mol. The summed E-state index contributed by atoms with van der Waals surface area (Å²) in [6, 6.07) is 23.1. The molecule has 1 N–H and O–H groups in total. The van der Waals surface area contributed by atoms with Crippen LogP contribution < -0.4 is 15.9 Å². The lowest BCUT2D eigenvalue weighted by Gasteiger charge is -2.39. The van der Waals surface area contributed by atoms with Crippen molar-refractivity contribution in [3.05, 3.63) is 101 Å². The van der Waals surface area contributed by atoms with Crippen molar-refractivity contribution in [3.63, 3.8) is 0 Å². The largest absolute Gasteiger partial charge is 0.369 e. The summed E-state index contributed by atoms with van der Waals surface area (Å²) in [5.74, 6) is 0.479. The second kappa shape index (κ2) is 11.0. The normalized spacial score (nSPS) is 15.0. The molecule has 9 heteroatoms. The number of amides is 1. The van der Waals surface area contributed by atoms with Crippen LogP contribution in [0.15, 0.2) is 83.9 Å². The summed E-state index contributed by atoms with van der Waals surface area (Å²) in [4.78, 5) is 35.1.